The second kappa shape index (κ2) is 9.52. The molecule has 0 aliphatic carbocycles. The lowest BCUT2D eigenvalue weighted by atomic mass is 9.85. The maximum atomic E-state index is 14.6. The third-order valence-electron chi connectivity index (χ3n) is 5.84. The molecule has 1 fully saturated rings. The van der Waals surface area contributed by atoms with Crippen LogP contribution in [0.1, 0.15) is 38.7 Å². The summed E-state index contributed by atoms with van der Waals surface area (Å²) in [6, 6.07) is 10.5. The van der Waals surface area contributed by atoms with Crippen LogP contribution in [-0.4, -0.2) is 39.1 Å². The molecule has 0 saturated carbocycles. The molecule has 7 nitrogen and oxygen atoms in total. The van der Waals surface area contributed by atoms with E-state index in [9.17, 15) is 14.3 Å². The summed E-state index contributed by atoms with van der Waals surface area (Å²) in [5, 5.41) is 12.4. The molecule has 3 heterocycles. The van der Waals surface area contributed by atoms with Crippen LogP contribution in [0.4, 0.5) is 21.8 Å². The van der Waals surface area contributed by atoms with Gasteiger partial charge in [0.2, 0.25) is 0 Å². The fourth-order valence-corrected chi connectivity index (χ4v) is 3.93. The minimum absolute atomic E-state index is 0.0638. The first kappa shape index (κ1) is 22.6. The third kappa shape index (κ3) is 5.45. The van der Waals surface area contributed by atoms with E-state index in [1.165, 1.54) is 12.5 Å². The summed E-state index contributed by atoms with van der Waals surface area (Å²) < 4.78 is 14.6. The number of halogens is 1. The van der Waals surface area contributed by atoms with Gasteiger partial charge in [-0.3, -0.25) is 9.78 Å². The number of nitrogens with zero attached hydrogens (tertiary/aromatic N) is 4. The molecule has 4 rings (SSSR count). The van der Waals surface area contributed by atoms with Gasteiger partial charge in [0.1, 0.15) is 5.82 Å². The van der Waals surface area contributed by atoms with Crippen LogP contribution in [0.3, 0.4) is 0 Å². The van der Waals surface area contributed by atoms with Gasteiger partial charge in [-0.25, -0.2) is 14.4 Å². The molecule has 2 aromatic heterocycles. The average Bonchev–Trinajstić information content (AvgIpc) is 2.81. The lowest BCUT2D eigenvalue weighted by Crippen LogP contribution is -2.30. The topological polar surface area (TPSA) is 91.2 Å². The van der Waals surface area contributed by atoms with E-state index in [1.54, 1.807) is 32.3 Å². The normalized spacial score (nSPS) is 14.2. The quantitative estimate of drug-likeness (QED) is 0.521. The zero-order valence-corrected chi connectivity index (χ0v) is 18.9. The Morgan fingerprint density at radius 1 is 1.12 bits per heavy atom. The highest BCUT2D eigenvalue weighted by Gasteiger charge is 2.27. The standard InChI is InChI=1S/C25H28FN5O2/c1-25(2,24(32)33)14-17-7-6-8-18(13-17)20-10-9-19(26)23(28-20)30-21-15-27-16-22(29-21)31-11-4-3-5-12-31/h6-10,13,15-16H,3-5,11-12,14H2,1-2H3,(H,32,33)(H,28,29,30). The van der Waals surface area contributed by atoms with Crippen LogP contribution in [0.2, 0.25) is 0 Å². The molecule has 0 spiro atoms. The van der Waals surface area contributed by atoms with Crippen molar-refractivity contribution in [1.29, 1.82) is 0 Å². The van der Waals surface area contributed by atoms with E-state index in [1.807, 2.05) is 24.3 Å². The smallest absolute Gasteiger partial charge is 0.309 e. The molecule has 0 amide bonds. The van der Waals surface area contributed by atoms with E-state index in [-0.39, 0.29) is 5.82 Å². The largest absolute Gasteiger partial charge is 0.481 e. The second-order valence-electron chi connectivity index (χ2n) is 9.03. The van der Waals surface area contributed by atoms with Crippen molar-refractivity contribution in [2.24, 2.45) is 5.41 Å². The van der Waals surface area contributed by atoms with E-state index in [0.29, 0.717) is 17.9 Å². The number of carboxylic acid groups (broad SMARTS) is 1. The van der Waals surface area contributed by atoms with Crippen LogP contribution >= 0.6 is 0 Å². The number of benzene rings is 1. The SMILES string of the molecule is CC(C)(Cc1cccc(-c2ccc(F)c(Nc3cncc(N4CCCCC4)n3)n2)c1)C(=O)O. The molecule has 2 N–H and O–H groups in total. The average molecular weight is 450 g/mol. The number of aromatic nitrogens is 3. The van der Waals surface area contributed by atoms with Crippen LogP contribution < -0.4 is 10.2 Å². The fraction of sp³-hybridized carbons (Fsp3) is 0.360. The van der Waals surface area contributed by atoms with Gasteiger partial charge in [0.05, 0.1) is 23.5 Å². The lowest BCUT2D eigenvalue weighted by molar-refractivity contribution is -0.146. The summed E-state index contributed by atoms with van der Waals surface area (Å²) in [6.45, 7) is 5.27. The summed E-state index contributed by atoms with van der Waals surface area (Å²) in [7, 11) is 0. The summed E-state index contributed by atoms with van der Waals surface area (Å²) >= 11 is 0. The van der Waals surface area contributed by atoms with Crippen molar-refractivity contribution in [2.75, 3.05) is 23.3 Å². The number of hydrogen-bond donors (Lipinski definition) is 2. The van der Waals surface area contributed by atoms with Crippen LogP contribution in [0.25, 0.3) is 11.3 Å². The molecule has 172 valence electrons. The molecule has 33 heavy (non-hydrogen) atoms. The Morgan fingerprint density at radius 2 is 1.91 bits per heavy atom. The maximum absolute atomic E-state index is 14.6. The molecular weight excluding hydrogens is 421 g/mol. The molecule has 3 aromatic rings. The van der Waals surface area contributed by atoms with Crippen LogP contribution in [0, 0.1) is 11.2 Å². The molecule has 0 radical (unpaired) electrons. The monoisotopic (exact) mass is 449 g/mol. The zero-order chi connectivity index (χ0) is 23.4. The molecular formula is C25H28FN5O2. The van der Waals surface area contributed by atoms with Crippen LogP contribution in [-0.2, 0) is 11.2 Å². The minimum Gasteiger partial charge on any atom is -0.481 e. The first-order valence-corrected chi connectivity index (χ1v) is 11.2. The van der Waals surface area contributed by atoms with Gasteiger partial charge in [-0.15, -0.1) is 0 Å². The number of pyridine rings is 1. The Morgan fingerprint density at radius 3 is 2.67 bits per heavy atom. The predicted molar refractivity (Wildman–Crippen MR) is 126 cm³/mol. The van der Waals surface area contributed by atoms with Crippen molar-refractivity contribution in [3.05, 3.63) is 60.2 Å². The predicted octanol–water partition coefficient (Wildman–Crippen LogP) is 5.06. The second-order valence-corrected chi connectivity index (χ2v) is 9.03. The van der Waals surface area contributed by atoms with Crippen molar-refractivity contribution in [3.8, 4) is 11.3 Å². The number of carbonyl (C=O) groups is 1. The van der Waals surface area contributed by atoms with Crippen molar-refractivity contribution in [3.63, 3.8) is 0 Å². The van der Waals surface area contributed by atoms with E-state index < -0.39 is 17.2 Å². The molecule has 0 bridgehead atoms. The van der Waals surface area contributed by atoms with Crippen molar-refractivity contribution < 1.29 is 14.3 Å². The van der Waals surface area contributed by atoms with E-state index in [2.05, 4.69) is 25.2 Å². The van der Waals surface area contributed by atoms with Gasteiger partial charge in [0, 0.05) is 18.7 Å². The number of nitrogens with one attached hydrogen (secondary N) is 1. The molecule has 1 aromatic carbocycles. The number of aliphatic carboxylic acids is 1. The molecule has 1 saturated heterocycles. The van der Waals surface area contributed by atoms with Gasteiger partial charge in [0.15, 0.2) is 17.5 Å². The van der Waals surface area contributed by atoms with E-state index in [4.69, 9.17) is 0 Å². The Hall–Kier alpha value is -3.55. The van der Waals surface area contributed by atoms with Gasteiger partial charge in [-0.2, -0.15) is 0 Å². The third-order valence-corrected chi connectivity index (χ3v) is 5.84. The molecule has 1 aliphatic rings. The van der Waals surface area contributed by atoms with Crippen molar-refractivity contribution >= 4 is 23.4 Å². The Balaban J connectivity index is 1.57. The maximum Gasteiger partial charge on any atom is 0.309 e. The number of rotatable bonds is 7. The fourth-order valence-electron chi connectivity index (χ4n) is 3.93. The zero-order valence-electron chi connectivity index (χ0n) is 18.9. The van der Waals surface area contributed by atoms with E-state index in [0.717, 1.165) is 42.9 Å². The van der Waals surface area contributed by atoms with Crippen LogP contribution in [0.5, 0.6) is 0 Å². The molecule has 0 unspecified atom stereocenters. The Labute approximate surface area is 192 Å². The number of carboxylic acids is 1. The first-order chi connectivity index (χ1) is 15.8. The minimum atomic E-state index is -0.889. The van der Waals surface area contributed by atoms with Gasteiger partial charge in [0.25, 0.3) is 0 Å². The lowest BCUT2D eigenvalue weighted by Gasteiger charge is -2.27. The van der Waals surface area contributed by atoms with E-state index >= 15 is 0 Å². The highest BCUT2D eigenvalue weighted by molar-refractivity contribution is 5.74. The number of hydrogen-bond acceptors (Lipinski definition) is 6. The molecule has 1 aliphatic heterocycles. The summed E-state index contributed by atoms with van der Waals surface area (Å²) in [4.78, 5) is 27.0. The number of anilines is 3. The molecule has 0 atom stereocenters. The van der Waals surface area contributed by atoms with Crippen molar-refractivity contribution in [1.82, 2.24) is 15.0 Å². The summed E-state index contributed by atoms with van der Waals surface area (Å²) in [5.74, 6) is -0.0864. The van der Waals surface area contributed by atoms with Gasteiger partial charge in [-0.05, 0) is 63.3 Å². The summed E-state index contributed by atoms with van der Waals surface area (Å²) in [5.41, 5.74) is 1.35. The number of piperidine rings is 1. The van der Waals surface area contributed by atoms with Gasteiger partial charge < -0.3 is 15.3 Å². The van der Waals surface area contributed by atoms with Crippen molar-refractivity contribution in [2.45, 2.75) is 39.5 Å². The first-order valence-electron chi connectivity index (χ1n) is 11.2. The van der Waals surface area contributed by atoms with Crippen LogP contribution in [0.15, 0.2) is 48.8 Å². The Kier molecular flexibility index (Phi) is 6.53. The Bertz CT molecular complexity index is 1150. The molecule has 8 heteroatoms. The summed E-state index contributed by atoms with van der Waals surface area (Å²) in [6.07, 6.45) is 7.12. The van der Waals surface area contributed by atoms with Gasteiger partial charge in [-0.1, -0.05) is 18.2 Å². The highest BCUT2D eigenvalue weighted by atomic mass is 19.1. The highest BCUT2D eigenvalue weighted by Crippen LogP contribution is 2.27. The van der Waals surface area contributed by atoms with Gasteiger partial charge >= 0.3 is 5.97 Å².